The average Bonchev–Trinajstić information content (AvgIpc) is 2.54. The normalized spacial score (nSPS) is 18.5. The van der Waals surface area contributed by atoms with E-state index in [-0.39, 0.29) is 22.5 Å². The van der Waals surface area contributed by atoms with Crippen LogP contribution in [0, 0.1) is 0 Å². The predicted molar refractivity (Wildman–Crippen MR) is 85.9 cm³/mol. The Morgan fingerprint density at radius 2 is 2.00 bits per heavy atom. The first-order valence-electron chi connectivity index (χ1n) is 7.24. The zero-order valence-corrected chi connectivity index (χ0v) is 13.9. The minimum atomic E-state index is -4.05. The van der Waals surface area contributed by atoms with E-state index in [1.165, 1.54) is 32.2 Å². The van der Waals surface area contributed by atoms with Crippen molar-refractivity contribution in [2.75, 3.05) is 7.11 Å². The van der Waals surface area contributed by atoms with Crippen LogP contribution in [0.1, 0.15) is 36.5 Å². The Bertz CT molecular complexity index is 737. The van der Waals surface area contributed by atoms with E-state index < -0.39 is 16.0 Å². The highest BCUT2D eigenvalue weighted by Crippen LogP contribution is 2.20. The fourth-order valence-corrected chi connectivity index (χ4v) is 3.48. The summed E-state index contributed by atoms with van der Waals surface area (Å²) < 4.78 is 38.7. The van der Waals surface area contributed by atoms with E-state index in [4.69, 9.17) is 4.74 Å². The minimum absolute atomic E-state index is 0.0489. The van der Waals surface area contributed by atoms with Crippen molar-refractivity contribution in [1.82, 2.24) is 0 Å². The van der Waals surface area contributed by atoms with Gasteiger partial charge in [0.1, 0.15) is 11.0 Å². The van der Waals surface area contributed by atoms with Crippen LogP contribution in [-0.2, 0) is 19.5 Å². The van der Waals surface area contributed by atoms with Gasteiger partial charge in [-0.2, -0.15) is 8.42 Å². The van der Waals surface area contributed by atoms with E-state index in [9.17, 15) is 13.2 Å². The summed E-state index contributed by atoms with van der Waals surface area (Å²) in [5, 5.41) is 0. The number of rotatable bonds is 4. The molecule has 0 aromatic heterocycles. The summed E-state index contributed by atoms with van der Waals surface area (Å²) in [5.41, 5.74) is -0.0489. The predicted octanol–water partition coefficient (Wildman–Crippen LogP) is 2.71. The van der Waals surface area contributed by atoms with E-state index in [0.717, 1.165) is 19.3 Å². The molecule has 0 saturated carbocycles. The Balaban J connectivity index is 2.26. The monoisotopic (exact) mass is 337 g/mol. The lowest BCUT2D eigenvalue weighted by atomic mass is 10.1. The van der Waals surface area contributed by atoms with Crippen LogP contribution < -0.4 is 0 Å². The van der Waals surface area contributed by atoms with Gasteiger partial charge in [0, 0.05) is 13.3 Å². The molecule has 23 heavy (non-hydrogen) atoms. The largest absolute Gasteiger partial charge is 0.477 e. The van der Waals surface area contributed by atoms with E-state index >= 15 is 0 Å². The average molecular weight is 337 g/mol. The Hall–Kier alpha value is -2.15. The van der Waals surface area contributed by atoms with Crippen LogP contribution in [0.15, 0.2) is 45.7 Å². The molecule has 1 atom stereocenters. The van der Waals surface area contributed by atoms with Gasteiger partial charge in [0.25, 0.3) is 10.0 Å². The molecule has 1 unspecified atom stereocenters. The molecule has 2 rings (SSSR count). The van der Waals surface area contributed by atoms with Gasteiger partial charge in [-0.3, -0.25) is 0 Å². The molecule has 1 aromatic carbocycles. The number of benzene rings is 1. The second-order valence-electron chi connectivity index (χ2n) is 5.10. The number of hydrogen-bond donors (Lipinski definition) is 0. The Morgan fingerprint density at radius 3 is 2.65 bits per heavy atom. The maximum Gasteiger partial charge on any atom is 0.339 e. The highest BCUT2D eigenvalue weighted by Gasteiger charge is 2.23. The van der Waals surface area contributed by atoms with Crippen molar-refractivity contribution in [1.29, 1.82) is 0 Å². The van der Waals surface area contributed by atoms with E-state index in [2.05, 4.69) is 15.2 Å². The number of ether oxygens (including phenoxy) is 2. The number of hydrogen-bond acceptors (Lipinski definition) is 5. The first-order chi connectivity index (χ1) is 10.9. The van der Waals surface area contributed by atoms with Gasteiger partial charge in [-0.25, -0.2) is 4.79 Å². The summed E-state index contributed by atoms with van der Waals surface area (Å²) in [4.78, 5) is 11.5. The molecule has 6 nitrogen and oxygen atoms in total. The van der Waals surface area contributed by atoms with Crippen LogP contribution in [0.25, 0.3) is 0 Å². The van der Waals surface area contributed by atoms with E-state index in [0.29, 0.717) is 0 Å². The molecule has 0 N–H and O–H groups in total. The summed E-state index contributed by atoms with van der Waals surface area (Å²) in [6.45, 7) is 1.50. The van der Waals surface area contributed by atoms with Gasteiger partial charge in [0.05, 0.1) is 12.7 Å². The number of methoxy groups -OCH3 is 1. The summed E-state index contributed by atoms with van der Waals surface area (Å²) in [7, 11) is -2.86. The zero-order chi connectivity index (χ0) is 16.9. The van der Waals surface area contributed by atoms with Gasteiger partial charge in [-0.15, -0.1) is 4.40 Å². The third kappa shape index (κ3) is 4.41. The van der Waals surface area contributed by atoms with Crippen LogP contribution in [0.5, 0.6) is 0 Å². The first-order valence-corrected chi connectivity index (χ1v) is 8.68. The SMILES string of the molecule is COC(=O)c1ccccc1S(=O)(=O)N=C(C)OC1CC=CCC1. The van der Waals surface area contributed by atoms with Crippen LogP contribution in [-0.4, -0.2) is 33.5 Å². The van der Waals surface area contributed by atoms with Crippen LogP contribution in [0.2, 0.25) is 0 Å². The first kappa shape index (κ1) is 17.2. The van der Waals surface area contributed by atoms with E-state index in [1.54, 1.807) is 6.07 Å². The molecule has 0 heterocycles. The topological polar surface area (TPSA) is 82.0 Å². The summed E-state index contributed by atoms with van der Waals surface area (Å²) >= 11 is 0. The van der Waals surface area contributed by atoms with Crippen molar-refractivity contribution >= 4 is 21.9 Å². The lowest BCUT2D eigenvalue weighted by molar-refractivity contribution is 0.0596. The number of carbonyl (C=O) groups is 1. The number of nitrogens with zero attached hydrogens (tertiary/aromatic N) is 1. The second kappa shape index (κ2) is 7.41. The van der Waals surface area contributed by atoms with Crippen LogP contribution >= 0.6 is 0 Å². The van der Waals surface area contributed by atoms with Crippen molar-refractivity contribution in [3.8, 4) is 0 Å². The molecule has 0 bridgehead atoms. The quantitative estimate of drug-likeness (QED) is 0.365. The second-order valence-corrected chi connectivity index (χ2v) is 6.67. The fraction of sp³-hybridized carbons (Fsp3) is 0.375. The van der Waals surface area contributed by atoms with Gasteiger partial charge in [-0.05, 0) is 25.0 Å². The molecular weight excluding hydrogens is 318 g/mol. The minimum Gasteiger partial charge on any atom is -0.477 e. The number of allylic oxidation sites excluding steroid dienone is 1. The molecule has 0 fully saturated rings. The van der Waals surface area contributed by atoms with Crippen LogP contribution in [0.4, 0.5) is 0 Å². The number of esters is 1. The van der Waals surface area contributed by atoms with Gasteiger partial charge in [0.2, 0.25) is 0 Å². The Morgan fingerprint density at radius 1 is 1.26 bits per heavy atom. The lowest BCUT2D eigenvalue weighted by Crippen LogP contribution is -2.18. The zero-order valence-electron chi connectivity index (χ0n) is 13.1. The molecule has 0 radical (unpaired) electrons. The Labute approximate surface area is 135 Å². The smallest absolute Gasteiger partial charge is 0.339 e. The van der Waals surface area contributed by atoms with Crippen molar-refractivity contribution < 1.29 is 22.7 Å². The summed E-state index contributed by atoms with van der Waals surface area (Å²) in [6.07, 6.45) is 6.44. The molecule has 0 saturated heterocycles. The molecule has 0 amide bonds. The third-order valence-corrected chi connectivity index (χ3v) is 4.79. The van der Waals surface area contributed by atoms with Gasteiger partial charge < -0.3 is 9.47 Å². The molecule has 1 aliphatic rings. The maximum atomic E-state index is 12.4. The van der Waals surface area contributed by atoms with Gasteiger partial charge >= 0.3 is 5.97 Å². The van der Waals surface area contributed by atoms with Crippen molar-refractivity contribution in [3.63, 3.8) is 0 Å². The molecule has 1 aliphatic carbocycles. The Kier molecular flexibility index (Phi) is 5.54. The van der Waals surface area contributed by atoms with Gasteiger partial charge in [-0.1, -0.05) is 24.3 Å². The fourth-order valence-electron chi connectivity index (χ4n) is 2.32. The van der Waals surface area contributed by atoms with Crippen LogP contribution in [0.3, 0.4) is 0 Å². The molecule has 0 aliphatic heterocycles. The van der Waals surface area contributed by atoms with E-state index in [1.807, 2.05) is 6.08 Å². The van der Waals surface area contributed by atoms with Crippen molar-refractivity contribution in [3.05, 3.63) is 42.0 Å². The summed E-state index contributed by atoms with van der Waals surface area (Å²) in [6, 6.07) is 5.79. The molecule has 7 heteroatoms. The number of sulfonamides is 1. The molecule has 1 aromatic rings. The summed E-state index contributed by atoms with van der Waals surface area (Å²) in [5.74, 6) is -0.666. The number of carbonyl (C=O) groups excluding carboxylic acids is 1. The standard InChI is InChI=1S/C16H19NO5S/c1-12(22-13-8-4-3-5-9-13)17-23(19,20)15-11-7-6-10-14(15)16(18)21-2/h3-4,6-7,10-11,13H,5,8-9H2,1-2H3. The van der Waals surface area contributed by atoms with Crippen molar-refractivity contribution in [2.45, 2.75) is 37.2 Å². The maximum absolute atomic E-state index is 12.4. The lowest BCUT2D eigenvalue weighted by Gasteiger charge is -2.19. The van der Waals surface area contributed by atoms with Gasteiger partial charge in [0.15, 0.2) is 5.90 Å². The van der Waals surface area contributed by atoms with Crippen molar-refractivity contribution in [2.24, 2.45) is 4.40 Å². The third-order valence-electron chi connectivity index (χ3n) is 3.38. The molecule has 124 valence electrons. The molecule has 0 spiro atoms. The molecular formula is C16H19NO5S. The highest BCUT2D eigenvalue weighted by atomic mass is 32.2. The highest BCUT2D eigenvalue weighted by molar-refractivity contribution is 7.90.